The molecule has 0 saturated carbocycles. The molecule has 24 heavy (non-hydrogen) atoms. The zero-order chi connectivity index (χ0) is 17.9. The SMILES string of the molecule is CCN(C)C=Nc1cc(C)c(S(=O)(=O)c2ccccc2C)cc1C. The minimum Gasteiger partial charge on any atom is -0.366 e. The molecule has 0 radical (unpaired) electrons. The van der Waals surface area contributed by atoms with Gasteiger partial charge in [0.2, 0.25) is 9.84 Å². The fraction of sp³-hybridized carbons (Fsp3) is 0.316. The summed E-state index contributed by atoms with van der Waals surface area (Å²) in [6, 6.07) is 10.6. The highest BCUT2D eigenvalue weighted by molar-refractivity contribution is 7.91. The van der Waals surface area contributed by atoms with E-state index in [1.807, 2.05) is 57.8 Å². The Morgan fingerprint density at radius 1 is 1.00 bits per heavy atom. The molecule has 0 bridgehead atoms. The normalized spacial score (nSPS) is 11.9. The Kier molecular flexibility index (Phi) is 5.44. The molecule has 0 spiro atoms. The van der Waals surface area contributed by atoms with Crippen LogP contribution in [0.5, 0.6) is 0 Å². The highest BCUT2D eigenvalue weighted by atomic mass is 32.2. The van der Waals surface area contributed by atoms with E-state index in [2.05, 4.69) is 4.99 Å². The van der Waals surface area contributed by atoms with Crippen LogP contribution in [-0.2, 0) is 9.84 Å². The molecule has 0 atom stereocenters. The van der Waals surface area contributed by atoms with Crippen LogP contribution in [-0.4, -0.2) is 33.2 Å². The summed E-state index contributed by atoms with van der Waals surface area (Å²) in [6.07, 6.45) is 1.76. The van der Waals surface area contributed by atoms with Crippen molar-refractivity contribution in [2.24, 2.45) is 4.99 Å². The van der Waals surface area contributed by atoms with Gasteiger partial charge in [0, 0.05) is 13.6 Å². The lowest BCUT2D eigenvalue weighted by Crippen LogP contribution is -2.14. The van der Waals surface area contributed by atoms with Crippen molar-refractivity contribution in [3.05, 3.63) is 53.1 Å². The lowest BCUT2D eigenvalue weighted by molar-refractivity contribution is 0.552. The number of nitrogens with zero attached hydrogens (tertiary/aromatic N) is 2. The summed E-state index contributed by atoms with van der Waals surface area (Å²) in [7, 11) is -1.59. The topological polar surface area (TPSA) is 49.7 Å². The smallest absolute Gasteiger partial charge is 0.207 e. The van der Waals surface area contributed by atoms with E-state index in [-0.39, 0.29) is 0 Å². The van der Waals surface area contributed by atoms with Crippen molar-refractivity contribution in [1.29, 1.82) is 0 Å². The molecule has 0 aliphatic carbocycles. The second-order valence-corrected chi connectivity index (χ2v) is 7.88. The first-order valence-electron chi connectivity index (χ1n) is 7.93. The van der Waals surface area contributed by atoms with Gasteiger partial charge < -0.3 is 4.90 Å². The number of hydrogen-bond acceptors (Lipinski definition) is 3. The van der Waals surface area contributed by atoms with Crippen molar-refractivity contribution in [3.63, 3.8) is 0 Å². The molecule has 2 rings (SSSR count). The second kappa shape index (κ2) is 7.18. The number of aliphatic imine (C=N–C) groups is 1. The van der Waals surface area contributed by atoms with E-state index in [1.165, 1.54) is 0 Å². The van der Waals surface area contributed by atoms with Gasteiger partial charge in [-0.25, -0.2) is 13.4 Å². The second-order valence-electron chi connectivity index (χ2n) is 5.99. The van der Waals surface area contributed by atoms with Crippen LogP contribution in [0.25, 0.3) is 0 Å². The van der Waals surface area contributed by atoms with Crippen molar-refractivity contribution in [3.8, 4) is 0 Å². The molecule has 0 saturated heterocycles. The summed E-state index contributed by atoms with van der Waals surface area (Å²) < 4.78 is 26.0. The summed E-state index contributed by atoms with van der Waals surface area (Å²) in [5.74, 6) is 0. The van der Waals surface area contributed by atoms with Gasteiger partial charge >= 0.3 is 0 Å². The highest BCUT2D eigenvalue weighted by Crippen LogP contribution is 2.31. The molecule has 128 valence electrons. The van der Waals surface area contributed by atoms with Crippen LogP contribution in [0.4, 0.5) is 5.69 Å². The molecule has 0 aromatic heterocycles. The highest BCUT2D eigenvalue weighted by Gasteiger charge is 2.22. The first kappa shape index (κ1) is 18.2. The van der Waals surface area contributed by atoms with Crippen LogP contribution in [0.2, 0.25) is 0 Å². The maximum Gasteiger partial charge on any atom is 0.207 e. The molecule has 0 aliphatic rings. The quantitative estimate of drug-likeness (QED) is 0.607. The summed E-state index contributed by atoms with van der Waals surface area (Å²) in [6.45, 7) is 8.42. The Balaban J connectivity index is 2.52. The summed E-state index contributed by atoms with van der Waals surface area (Å²) in [4.78, 5) is 7.12. The van der Waals surface area contributed by atoms with Crippen LogP contribution in [0.15, 0.2) is 51.2 Å². The first-order chi connectivity index (χ1) is 11.3. The molecular formula is C19H24N2O2S. The Labute approximate surface area is 144 Å². The molecule has 4 nitrogen and oxygen atoms in total. The average molecular weight is 344 g/mol. The van der Waals surface area contributed by atoms with E-state index >= 15 is 0 Å². The molecule has 0 aliphatic heterocycles. The fourth-order valence-corrected chi connectivity index (χ4v) is 4.22. The Hall–Kier alpha value is -2.14. The summed E-state index contributed by atoms with van der Waals surface area (Å²) in [5, 5.41) is 0. The van der Waals surface area contributed by atoms with E-state index in [9.17, 15) is 8.42 Å². The third-order valence-electron chi connectivity index (χ3n) is 4.06. The average Bonchev–Trinajstić information content (AvgIpc) is 2.54. The van der Waals surface area contributed by atoms with Crippen LogP contribution >= 0.6 is 0 Å². The summed E-state index contributed by atoms with van der Waals surface area (Å²) >= 11 is 0. The third kappa shape index (κ3) is 3.67. The molecule has 0 amide bonds. The number of aryl methyl sites for hydroxylation is 3. The minimum atomic E-state index is -3.54. The minimum absolute atomic E-state index is 0.345. The van der Waals surface area contributed by atoms with Gasteiger partial charge in [0.05, 0.1) is 21.8 Å². The van der Waals surface area contributed by atoms with Crippen LogP contribution in [0.3, 0.4) is 0 Å². The van der Waals surface area contributed by atoms with E-state index in [1.54, 1.807) is 24.5 Å². The van der Waals surface area contributed by atoms with Crippen LogP contribution in [0, 0.1) is 20.8 Å². The van der Waals surface area contributed by atoms with Gasteiger partial charge in [0.1, 0.15) is 0 Å². The number of hydrogen-bond donors (Lipinski definition) is 0. The van der Waals surface area contributed by atoms with E-state index in [0.717, 1.165) is 23.4 Å². The third-order valence-corrected chi connectivity index (χ3v) is 6.11. The number of sulfone groups is 1. The van der Waals surface area contributed by atoms with Crippen molar-refractivity contribution < 1.29 is 8.42 Å². The van der Waals surface area contributed by atoms with Gasteiger partial charge in [-0.15, -0.1) is 0 Å². The molecular weight excluding hydrogens is 320 g/mol. The van der Waals surface area contributed by atoms with Gasteiger partial charge in [0.25, 0.3) is 0 Å². The Morgan fingerprint density at radius 2 is 1.67 bits per heavy atom. The van der Waals surface area contributed by atoms with Gasteiger partial charge in [-0.05, 0) is 62.6 Å². The predicted octanol–water partition coefficient (Wildman–Crippen LogP) is 4.06. The van der Waals surface area contributed by atoms with Crippen molar-refractivity contribution in [1.82, 2.24) is 4.90 Å². The largest absolute Gasteiger partial charge is 0.366 e. The zero-order valence-electron chi connectivity index (χ0n) is 14.9. The molecule has 5 heteroatoms. The molecule has 2 aromatic carbocycles. The lowest BCUT2D eigenvalue weighted by atomic mass is 10.1. The fourth-order valence-electron chi connectivity index (χ4n) is 2.42. The maximum absolute atomic E-state index is 13.0. The molecule has 0 N–H and O–H groups in total. The molecule has 2 aromatic rings. The van der Waals surface area contributed by atoms with Gasteiger partial charge in [-0.2, -0.15) is 0 Å². The van der Waals surface area contributed by atoms with Crippen molar-refractivity contribution >= 4 is 21.9 Å². The maximum atomic E-state index is 13.0. The van der Waals surface area contributed by atoms with Gasteiger partial charge in [-0.1, -0.05) is 18.2 Å². The summed E-state index contributed by atoms with van der Waals surface area (Å²) in [5.41, 5.74) is 3.08. The van der Waals surface area contributed by atoms with Crippen LogP contribution in [0.1, 0.15) is 23.6 Å². The van der Waals surface area contributed by atoms with Gasteiger partial charge in [-0.3, -0.25) is 0 Å². The van der Waals surface area contributed by atoms with Crippen LogP contribution < -0.4 is 0 Å². The Bertz CT molecular complexity index is 871. The van der Waals surface area contributed by atoms with E-state index in [4.69, 9.17) is 0 Å². The zero-order valence-corrected chi connectivity index (χ0v) is 15.7. The van der Waals surface area contributed by atoms with E-state index < -0.39 is 9.84 Å². The predicted molar refractivity (Wildman–Crippen MR) is 99.0 cm³/mol. The van der Waals surface area contributed by atoms with Gasteiger partial charge in [0.15, 0.2) is 0 Å². The molecule has 0 heterocycles. The monoisotopic (exact) mass is 344 g/mol. The number of rotatable bonds is 5. The van der Waals surface area contributed by atoms with Crippen molar-refractivity contribution in [2.75, 3.05) is 13.6 Å². The van der Waals surface area contributed by atoms with E-state index in [0.29, 0.717) is 15.4 Å². The Morgan fingerprint density at radius 3 is 2.29 bits per heavy atom. The standard InChI is InChI=1S/C19H24N2O2S/c1-6-21(5)13-20-17-11-16(4)19(12-15(17)3)24(22,23)18-10-8-7-9-14(18)2/h7-13H,6H2,1-5H3. The molecule has 0 fully saturated rings. The number of benzene rings is 2. The lowest BCUT2D eigenvalue weighted by Gasteiger charge is -2.13. The molecule has 0 unspecified atom stereocenters. The van der Waals surface area contributed by atoms with Crippen molar-refractivity contribution in [2.45, 2.75) is 37.5 Å². The first-order valence-corrected chi connectivity index (χ1v) is 9.42.